The predicted molar refractivity (Wildman–Crippen MR) is 200 cm³/mol. The molecule has 0 saturated carbocycles. The molecule has 1 amide bonds. The van der Waals surface area contributed by atoms with Crippen LogP contribution in [0.4, 0.5) is 5.69 Å². The molecule has 1 aliphatic rings. The Morgan fingerprint density at radius 1 is 0.941 bits per heavy atom. The van der Waals surface area contributed by atoms with E-state index in [2.05, 4.69) is 30.2 Å². The van der Waals surface area contributed by atoms with Crippen LogP contribution in [0.5, 0.6) is 5.75 Å². The molecular weight excluding hydrogens is 685 g/mol. The van der Waals surface area contributed by atoms with E-state index in [1.807, 2.05) is 92.9 Å². The summed E-state index contributed by atoms with van der Waals surface area (Å²) in [5.41, 5.74) is 10.6. The molecular formula is C38H35Cl2N9O2. The first kappa shape index (κ1) is 32.9. The number of pyridine rings is 1. The molecule has 0 atom stereocenters. The summed E-state index contributed by atoms with van der Waals surface area (Å²) in [7, 11) is 1.94. The van der Waals surface area contributed by atoms with Gasteiger partial charge in [0.25, 0.3) is 5.91 Å². The van der Waals surface area contributed by atoms with Crippen LogP contribution >= 0.6 is 23.2 Å². The molecule has 13 heteroatoms. The molecule has 258 valence electrons. The highest BCUT2D eigenvalue weighted by molar-refractivity contribution is 6.35. The number of halogens is 2. The summed E-state index contributed by atoms with van der Waals surface area (Å²) in [6.07, 6.45) is 3.05. The number of carbonyl (C=O) groups excluding carboxylic acids is 1. The number of aromatic nitrogens is 8. The van der Waals surface area contributed by atoms with Crippen molar-refractivity contribution in [1.82, 2.24) is 40.0 Å². The van der Waals surface area contributed by atoms with Gasteiger partial charge in [0, 0.05) is 64.5 Å². The van der Waals surface area contributed by atoms with Crippen LogP contribution in [0.2, 0.25) is 10.0 Å². The number of aryl methyl sites for hydroxylation is 5. The number of anilines is 1. The number of tetrazole rings is 1. The van der Waals surface area contributed by atoms with Crippen LogP contribution in [0.3, 0.4) is 0 Å². The van der Waals surface area contributed by atoms with Crippen molar-refractivity contribution in [3.63, 3.8) is 0 Å². The van der Waals surface area contributed by atoms with E-state index >= 15 is 0 Å². The van der Waals surface area contributed by atoms with Crippen LogP contribution in [-0.4, -0.2) is 59.0 Å². The Balaban J connectivity index is 1.24. The van der Waals surface area contributed by atoms with Crippen LogP contribution in [0.15, 0.2) is 54.7 Å². The van der Waals surface area contributed by atoms with Crippen molar-refractivity contribution in [3.05, 3.63) is 98.5 Å². The number of fused-ring (bicyclic) bond motifs is 4. The van der Waals surface area contributed by atoms with E-state index in [1.165, 1.54) is 0 Å². The average molecular weight is 721 g/mol. The first-order valence-electron chi connectivity index (χ1n) is 16.8. The van der Waals surface area contributed by atoms with Gasteiger partial charge in [-0.3, -0.25) is 14.5 Å². The van der Waals surface area contributed by atoms with Crippen LogP contribution in [0.25, 0.3) is 44.3 Å². The van der Waals surface area contributed by atoms with Crippen LogP contribution in [0, 0.1) is 27.7 Å². The Morgan fingerprint density at radius 2 is 1.75 bits per heavy atom. The SMILES string of the molecule is Cc1cc(OCCCc2c3n(c4c(-c5c(C)nn(C)c5C)c(Cl)ccc24)CCN(c2ccnc4ccc(-c5nn[nH]n5)cc24)C3=O)cc(C)c1Cl. The maximum absolute atomic E-state index is 14.9. The first-order valence-corrected chi connectivity index (χ1v) is 17.6. The largest absolute Gasteiger partial charge is 0.494 e. The quantitative estimate of drug-likeness (QED) is 0.158. The van der Waals surface area contributed by atoms with E-state index in [0.29, 0.717) is 49.1 Å². The molecule has 0 unspecified atom stereocenters. The van der Waals surface area contributed by atoms with E-state index in [1.54, 1.807) is 6.20 Å². The third-order valence-corrected chi connectivity index (χ3v) is 10.8. The highest BCUT2D eigenvalue weighted by atomic mass is 35.5. The van der Waals surface area contributed by atoms with Crippen LogP contribution < -0.4 is 9.64 Å². The van der Waals surface area contributed by atoms with Crippen molar-refractivity contribution in [2.24, 2.45) is 7.05 Å². The van der Waals surface area contributed by atoms with Gasteiger partial charge in [0.15, 0.2) is 0 Å². The fourth-order valence-corrected chi connectivity index (χ4v) is 7.82. The normalized spacial score (nSPS) is 13.1. The van der Waals surface area contributed by atoms with Gasteiger partial charge < -0.3 is 14.2 Å². The molecule has 0 bridgehead atoms. The standard InChI is InChI=1S/C38H35Cl2N9O2/c1-20-17-25(18-21(2)34(20)40)51-16-6-7-26-27-9-10-29(39)33(32-22(3)44-47(5)23(32)4)35(27)49-15-14-48(38(50)36(26)49)31-12-13-41-30-11-8-24(19-28(30)31)37-42-45-46-43-37/h8-13,17-19H,6-7,14-16H2,1-5H3,(H,42,43,45,46). The van der Waals surface area contributed by atoms with E-state index in [0.717, 1.165) is 83.0 Å². The summed E-state index contributed by atoms with van der Waals surface area (Å²) >= 11 is 13.5. The van der Waals surface area contributed by atoms with Gasteiger partial charge in [-0.1, -0.05) is 29.3 Å². The van der Waals surface area contributed by atoms with Crippen molar-refractivity contribution in [2.75, 3.05) is 18.1 Å². The number of H-pyrrole nitrogens is 1. The van der Waals surface area contributed by atoms with E-state index in [4.69, 9.17) is 33.0 Å². The second kappa shape index (κ2) is 12.8. The Labute approximate surface area is 304 Å². The van der Waals surface area contributed by atoms with Gasteiger partial charge in [0.1, 0.15) is 11.4 Å². The second-order valence-corrected chi connectivity index (χ2v) is 13.8. The molecule has 0 radical (unpaired) electrons. The minimum atomic E-state index is -0.0866. The minimum absolute atomic E-state index is 0.0866. The lowest BCUT2D eigenvalue weighted by Gasteiger charge is -2.30. The number of carbonyl (C=O) groups is 1. The molecule has 1 aliphatic heterocycles. The molecule has 8 rings (SSSR count). The van der Waals surface area contributed by atoms with Gasteiger partial charge in [-0.05, 0) is 105 Å². The Kier molecular flexibility index (Phi) is 8.27. The molecule has 0 fully saturated rings. The van der Waals surface area contributed by atoms with Crippen molar-refractivity contribution in [2.45, 2.75) is 47.1 Å². The maximum atomic E-state index is 14.9. The molecule has 5 heterocycles. The molecule has 1 N–H and O–H groups in total. The van der Waals surface area contributed by atoms with Crippen LogP contribution in [0.1, 0.15) is 45.0 Å². The zero-order valence-electron chi connectivity index (χ0n) is 28.9. The number of nitrogens with one attached hydrogen (secondary N) is 1. The van der Waals surface area contributed by atoms with E-state index in [9.17, 15) is 4.79 Å². The topological polar surface area (TPSA) is 120 Å². The van der Waals surface area contributed by atoms with Crippen molar-refractivity contribution in [1.29, 1.82) is 0 Å². The molecule has 0 saturated heterocycles. The number of aromatic amines is 1. The number of amides is 1. The summed E-state index contributed by atoms with van der Waals surface area (Å²) in [6, 6.07) is 15.6. The second-order valence-electron chi connectivity index (χ2n) is 13.0. The van der Waals surface area contributed by atoms with Gasteiger partial charge in [0.05, 0.1) is 34.0 Å². The Bertz CT molecular complexity index is 2480. The number of hydrogen-bond donors (Lipinski definition) is 1. The fraction of sp³-hybridized carbons (Fsp3) is 0.263. The molecule has 3 aromatic carbocycles. The number of hydrogen-bond acceptors (Lipinski definition) is 7. The summed E-state index contributed by atoms with van der Waals surface area (Å²) in [5, 5.41) is 22.4. The first-order chi connectivity index (χ1) is 24.6. The highest BCUT2D eigenvalue weighted by Gasteiger charge is 2.34. The summed E-state index contributed by atoms with van der Waals surface area (Å²) in [5.74, 6) is 1.16. The van der Waals surface area contributed by atoms with Gasteiger partial charge >= 0.3 is 0 Å². The van der Waals surface area contributed by atoms with Crippen molar-refractivity contribution in [3.8, 4) is 28.3 Å². The molecule has 0 aliphatic carbocycles. The van der Waals surface area contributed by atoms with E-state index < -0.39 is 0 Å². The van der Waals surface area contributed by atoms with Gasteiger partial charge in [-0.25, -0.2) is 0 Å². The molecule has 4 aromatic heterocycles. The van der Waals surface area contributed by atoms with Crippen LogP contribution in [-0.2, 0) is 20.0 Å². The molecule has 51 heavy (non-hydrogen) atoms. The smallest absolute Gasteiger partial charge is 0.275 e. The number of benzene rings is 3. The molecule has 11 nitrogen and oxygen atoms in total. The van der Waals surface area contributed by atoms with Crippen molar-refractivity contribution >= 4 is 56.6 Å². The summed E-state index contributed by atoms with van der Waals surface area (Å²) < 4.78 is 10.3. The highest BCUT2D eigenvalue weighted by Crippen LogP contribution is 2.44. The monoisotopic (exact) mass is 719 g/mol. The van der Waals surface area contributed by atoms with Crippen molar-refractivity contribution < 1.29 is 9.53 Å². The number of ether oxygens (including phenoxy) is 1. The van der Waals surface area contributed by atoms with E-state index in [-0.39, 0.29) is 5.91 Å². The molecule has 7 aromatic rings. The number of rotatable bonds is 8. The lowest BCUT2D eigenvalue weighted by molar-refractivity contribution is 0.0965. The van der Waals surface area contributed by atoms with Gasteiger partial charge in [-0.2, -0.15) is 10.3 Å². The third-order valence-electron chi connectivity index (χ3n) is 9.89. The fourth-order valence-electron chi connectivity index (χ4n) is 7.47. The lowest BCUT2D eigenvalue weighted by atomic mass is 9.98. The summed E-state index contributed by atoms with van der Waals surface area (Å²) in [4.78, 5) is 21.4. The Hall–Kier alpha value is -5.26. The zero-order valence-corrected chi connectivity index (χ0v) is 30.4. The van der Waals surface area contributed by atoms with Gasteiger partial charge in [0.2, 0.25) is 5.82 Å². The predicted octanol–water partition coefficient (Wildman–Crippen LogP) is 7.98. The molecule has 0 spiro atoms. The summed E-state index contributed by atoms with van der Waals surface area (Å²) in [6.45, 7) is 9.50. The maximum Gasteiger partial charge on any atom is 0.275 e. The number of nitrogens with zero attached hydrogens (tertiary/aromatic N) is 8. The lowest BCUT2D eigenvalue weighted by Crippen LogP contribution is -2.40. The minimum Gasteiger partial charge on any atom is -0.494 e. The van der Waals surface area contributed by atoms with Gasteiger partial charge in [-0.15, -0.1) is 10.2 Å². The zero-order chi connectivity index (χ0) is 35.6. The third kappa shape index (κ3) is 5.51. The Morgan fingerprint density at radius 3 is 2.47 bits per heavy atom. The average Bonchev–Trinajstić information content (AvgIpc) is 3.83.